The summed E-state index contributed by atoms with van der Waals surface area (Å²) in [6.07, 6.45) is 2.50. The van der Waals surface area contributed by atoms with E-state index in [1.807, 2.05) is 0 Å². The van der Waals surface area contributed by atoms with Crippen molar-refractivity contribution in [2.45, 2.75) is 32.7 Å². The molecule has 0 bridgehead atoms. The van der Waals surface area contributed by atoms with Crippen molar-refractivity contribution in [3.05, 3.63) is 12.3 Å². The van der Waals surface area contributed by atoms with Gasteiger partial charge in [-0.05, 0) is 31.8 Å². The predicted octanol–water partition coefficient (Wildman–Crippen LogP) is 1.84. The first-order valence-electron chi connectivity index (χ1n) is 5.25. The van der Waals surface area contributed by atoms with Gasteiger partial charge in [0.05, 0.1) is 0 Å². The molecule has 1 saturated heterocycles. The van der Waals surface area contributed by atoms with Crippen molar-refractivity contribution in [1.29, 1.82) is 0 Å². The van der Waals surface area contributed by atoms with Gasteiger partial charge in [-0.1, -0.05) is 20.4 Å². The molecule has 0 spiro atoms. The Balaban J connectivity index is 2.45. The maximum Gasteiger partial charge on any atom is 0.0307 e. The second-order valence-corrected chi connectivity index (χ2v) is 4.24. The Hall–Kier alpha value is -0.500. The summed E-state index contributed by atoms with van der Waals surface area (Å²) >= 11 is 0. The van der Waals surface area contributed by atoms with Crippen molar-refractivity contribution < 1.29 is 0 Å². The van der Waals surface area contributed by atoms with Crippen molar-refractivity contribution in [1.82, 2.24) is 10.2 Å². The lowest BCUT2D eigenvalue weighted by molar-refractivity contribution is 0.229. The van der Waals surface area contributed by atoms with E-state index in [1.165, 1.54) is 18.5 Å². The lowest BCUT2D eigenvalue weighted by Gasteiger charge is -2.35. The van der Waals surface area contributed by atoms with Crippen LogP contribution in [0.2, 0.25) is 0 Å². The predicted molar refractivity (Wildman–Crippen MR) is 57.6 cm³/mol. The highest BCUT2D eigenvalue weighted by Crippen LogP contribution is 2.18. The van der Waals surface area contributed by atoms with Gasteiger partial charge in [-0.25, -0.2) is 0 Å². The van der Waals surface area contributed by atoms with Crippen LogP contribution in [0.15, 0.2) is 12.3 Å². The van der Waals surface area contributed by atoms with E-state index in [1.54, 1.807) is 0 Å². The lowest BCUT2D eigenvalue weighted by Crippen LogP contribution is -2.41. The van der Waals surface area contributed by atoms with Gasteiger partial charge in [0.15, 0.2) is 0 Å². The van der Waals surface area contributed by atoms with E-state index in [-0.39, 0.29) is 0 Å². The molecule has 1 fully saturated rings. The van der Waals surface area contributed by atoms with Crippen molar-refractivity contribution in [3.63, 3.8) is 0 Å². The highest BCUT2D eigenvalue weighted by Gasteiger charge is 2.19. The highest BCUT2D eigenvalue weighted by atomic mass is 15.2. The standard InChI is InChI=1S/C11H22N2/c1-9(2)10(3)13(4)11-5-7-12-8-6-11/h9,11-12H,3,5-8H2,1-2,4H3. The van der Waals surface area contributed by atoms with Gasteiger partial charge in [0.2, 0.25) is 0 Å². The number of rotatable bonds is 3. The fraction of sp³-hybridized carbons (Fsp3) is 0.818. The molecule has 1 aliphatic heterocycles. The van der Waals surface area contributed by atoms with E-state index in [0.717, 1.165) is 13.1 Å². The first-order valence-corrected chi connectivity index (χ1v) is 5.25. The van der Waals surface area contributed by atoms with E-state index in [9.17, 15) is 0 Å². The number of allylic oxidation sites excluding steroid dienone is 1. The summed E-state index contributed by atoms with van der Waals surface area (Å²) in [5.41, 5.74) is 1.27. The maximum atomic E-state index is 4.13. The zero-order valence-electron chi connectivity index (χ0n) is 9.14. The number of piperidine rings is 1. The fourth-order valence-electron chi connectivity index (χ4n) is 1.84. The molecule has 0 atom stereocenters. The molecule has 2 nitrogen and oxygen atoms in total. The highest BCUT2D eigenvalue weighted by molar-refractivity contribution is 4.99. The summed E-state index contributed by atoms with van der Waals surface area (Å²) in [6.45, 7) is 10.9. The Labute approximate surface area is 82.0 Å². The third-order valence-electron chi connectivity index (χ3n) is 2.98. The van der Waals surface area contributed by atoms with Crippen LogP contribution in [0, 0.1) is 5.92 Å². The lowest BCUT2D eigenvalue weighted by atomic mass is 10.0. The summed E-state index contributed by atoms with van der Waals surface area (Å²) in [5.74, 6) is 0.569. The Kier molecular flexibility index (Phi) is 3.79. The Morgan fingerprint density at radius 3 is 2.38 bits per heavy atom. The molecule has 2 heteroatoms. The quantitative estimate of drug-likeness (QED) is 0.716. The molecule has 0 unspecified atom stereocenters. The molecular formula is C11H22N2. The minimum Gasteiger partial charge on any atom is -0.375 e. The van der Waals surface area contributed by atoms with Crippen LogP contribution in [0.25, 0.3) is 0 Å². The van der Waals surface area contributed by atoms with Crippen LogP contribution >= 0.6 is 0 Å². The molecule has 0 saturated carbocycles. The van der Waals surface area contributed by atoms with E-state index in [0.29, 0.717) is 12.0 Å². The van der Waals surface area contributed by atoms with Gasteiger partial charge in [0.1, 0.15) is 0 Å². The van der Waals surface area contributed by atoms with E-state index < -0.39 is 0 Å². The molecular weight excluding hydrogens is 160 g/mol. The largest absolute Gasteiger partial charge is 0.375 e. The third kappa shape index (κ3) is 2.73. The number of hydrogen-bond acceptors (Lipinski definition) is 2. The Morgan fingerprint density at radius 2 is 1.92 bits per heavy atom. The average Bonchev–Trinajstić information content (AvgIpc) is 2.17. The van der Waals surface area contributed by atoms with Gasteiger partial charge in [0, 0.05) is 18.8 Å². The van der Waals surface area contributed by atoms with Gasteiger partial charge >= 0.3 is 0 Å². The zero-order valence-corrected chi connectivity index (χ0v) is 9.14. The van der Waals surface area contributed by atoms with Gasteiger partial charge in [-0.3, -0.25) is 0 Å². The Bertz CT molecular complexity index is 169. The van der Waals surface area contributed by atoms with E-state index in [2.05, 4.69) is 37.7 Å². The van der Waals surface area contributed by atoms with Crippen LogP contribution in [0.1, 0.15) is 26.7 Å². The molecule has 0 aromatic heterocycles. The van der Waals surface area contributed by atoms with Gasteiger partial charge < -0.3 is 10.2 Å². The van der Waals surface area contributed by atoms with Crippen molar-refractivity contribution in [2.75, 3.05) is 20.1 Å². The monoisotopic (exact) mass is 182 g/mol. The molecule has 1 heterocycles. The Morgan fingerprint density at radius 1 is 1.38 bits per heavy atom. The molecule has 0 radical (unpaired) electrons. The number of hydrogen-bond donors (Lipinski definition) is 1. The second kappa shape index (κ2) is 4.66. The summed E-state index contributed by atoms with van der Waals surface area (Å²) in [6, 6.07) is 0.705. The van der Waals surface area contributed by atoms with Crippen molar-refractivity contribution in [3.8, 4) is 0 Å². The fourth-order valence-corrected chi connectivity index (χ4v) is 1.84. The SMILES string of the molecule is C=C(C(C)C)N(C)C1CCNCC1. The zero-order chi connectivity index (χ0) is 9.84. The second-order valence-electron chi connectivity index (χ2n) is 4.24. The van der Waals surface area contributed by atoms with Gasteiger partial charge in [0.25, 0.3) is 0 Å². The molecule has 0 amide bonds. The van der Waals surface area contributed by atoms with Crippen molar-refractivity contribution in [2.24, 2.45) is 5.92 Å². The van der Waals surface area contributed by atoms with E-state index in [4.69, 9.17) is 0 Å². The van der Waals surface area contributed by atoms with Crippen molar-refractivity contribution >= 4 is 0 Å². The molecule has 1 N–H and O–H groups in total. The molecule has 0 aromatic carbocycles. The van der Waals surface area contributed by atoms with Crippen LogP contribution in [0.5, 0.6) is 0 Å². The van der Waals surface area contributed by atoms with Crippen LogP contribution in [-0.2, 0) is 0 Å². The summed E-state index contributed by atoms with van der Waals surface area (Å²) in [7, 11) is 2.18. The van der Waals surface area contributed by atoms with Gasteiger partial charge in [-0.15, -0.1) is 0 Å². The molecule has 0 aromatic rings. The number of nitrogens with one attached hydrogen (secondary N) is 1. The molecule has 13 heavy (non-hydrogen) atoms. The minimum absolute atomic E-state index is 0.569. The van der Waals surface area contributed by atoms with E-state index >= 15 is 0 Å². The maximum absolute atomic E-state index is 4.13. The van der Waals surface area contributed by atoms with Gasteiger partial charge in [-0.2, -0.15) is 0 Å². The first-order chi connectivity index (χ1) is 6.13. The first kappa shape index (κ1) is 10.6. The minimum atomic E-state index is 0.569. The summed E-state index contributed by atoms with van der Waals surface area (Å²) in [5, 5.41) is 3.38. The average molecular weight is 182 g/mol. The molecule has 0 aliphatic carbocycles. The smallest absolute Gasteiger partial charge is 0.0307 e. The summed E-state index contributed by atoms with van der Waals surface area (Å²) < 4.78 is 0. The van der Waals surface area contributed by atoms with Crippen LogP contribution < -0.4 is 5.32 Å². The van der Waals surface area contributed by atoms with Crippen LogP contribution in [0.4, 0.5) is 0 Å². The topological polar surface area (TPSA) is 15.3 Å². The third-order valence-corrected chi connectivity index (χ3v) is 2.98. The summed E-state index contributed by atoms with van der Waals surface area (Å²) in [4.78, 5) is 2.37. The molecule has 1 rings (SSSR count). The molecule has 1 aliphatic rings. The molecule has 76 valence electrons. The van der Waals surface area contributed by atoms with Crippen LogP contribution in [0.3, 0.4) is 0 Å². The number of nitrogens with zero attached hydrogens (tertiary/aromatic N) is 1. The van der Waals surface area contributed by atoms with Crippen LogP contribution in [-0.4, -0.2) is 31.1 Å². The normalized spacial score (nSPS) is 19.1.